The van der Waals surface area contributed by atoms with Crippen LogP contribution in [0.15, 0.2) is 24.3 Å². The van der Waals surface area contributed by atoms with Crippen LogP contribution in [0.5, 0.6) is 0 Å². The molecule has 1 aliphatic carbocycles. The van der Waals surface area contributed by atoms with Gasteiger partial charge in [0.05, 0.1) is 19.3 Å². The van der Waals surface area contributed by atoms with Gasteiger partial charge in [0.15, 0.2) is 0 Å². The maximum absolute atomic E-state index is 12.2. The Morgan fingerprint density at radius 1 is 1.35 bits per heavy atom. The molecule has 0 spiro atoms. The molecular weight excluding hydrogens is 294 g/mol. The van der Waals surface area contributed by atoms with E-state index in [-0.39, 0.29) is 17.9 Å². The van der Waals surface area contributed by atoms with Gasteiger partial charge in [0.1, 0.15) is 0 Å². The molecule has 23 heavy (non-hydrogen) atoms. The Kier molecular flexibility index (Phi) is 4.93. The lowest BCUT2D eigenvalue weighted by molar-refractivity contribution is -0.119. The van der Waals surface area contributed by atoms with Gasteiger partial charge in [-0.3, -0.25) is 14.5 Å². The molecule has 6 heteroatoms. The SMILES string of the molecule is C[C@@H]1CN(CC(=O)Nc2cccc(C(=O)NC3CC3)c2)CCO1. The zero-order valence-corrected chi connectivity index (χ0v) is 13.4. The molecule has 2 amide bonds. The van der Waals surface area contributed by atoms with Crippen LogP contribution >= 0.6 is 0 Å². The molecule has 1 aliphatic heterocycles. The Balaban J connectivity index is 1.54. The van der Waals surface area contributed by atoms with Gasteiger partial charge in [-0.1, -0.05) is 6.07 Å². The highest BCUT2D eigenvalue weighted by Crippen LogP contribution is 2.20. The van der Waals surface area contributed by atoms with Crippen molar-refractivity contribution in [3.05, 3.63) is 29.8 Å². The van der Waals surface area contributed by atoms with Crippen molar-refractivity contribution in [1.82, 2.24) is 10.2 Å². The fourth-order valence-electron chi connectivity index (χ4n) is 2.67. The second-order valence-electron chi connectivity index (χ2n) is 6.29. The van der Waals surface area contributed by atoms with Crippen LogP contribution in [0, 0.1) is 0 Å². The topological polar surface area (TPSA) is 70.7 Å². The summed E-state index contributed by atoms with van der Waals surface area (Å²) in [5.41, 5.74) is 1.23. The maximum Gasteiger partial charge on any atom is 0.251 e. The third kappa shape index (κ3) is 4.77. The van der Waals surface area contributed by atoms with Crippen molar-refractivity contribution >= 4 is 17.5 Å². The fraction of sp³-hybridized carbons (Fsp3) is 0.529. The van der Waals surface area contributed by atoms with E-state index in [1.54, 1.807) is 24.3 Å². The van der Waals surface area contributed by atoms with Crippen molar-refractivity contribution < 1.29 is 14.3 Å². The van der Waals surface area contributed by atoms with Crippen LogP contribution in [0.4, 0.5) is 5.69 Å². The summed E-state index contributed by atoms with van der Waals surface area (Å²) in [4.78, 5) is 26.3. The molecule has 1 saturated carbocycles. The lowest BCUT2D eigenvalue weighted by atomic mass is 10.2. The third-order valence-electron chi connectivity index (χ3n) is 4.01. The van der Waals surface area contributed by atoms with Gasteiger partial charge < -0.3 is 15.4 Å². The number of carbonyl (C=O) groups excluding carboxylic acids is 2. The van der Waals surface area contributed by atoms with Crippen LogP contribution < -0.4 is 10.6 Å². The average molecular weight is 317 g/mol. The van der Waals surface area contributed by atoms with Crippen molar-refractivity contribution in [3.8, 4) is 0 Å². The third-order valence-corrected chi connectivity index (χ3v) is 4.01. The largest absolute Gasteiger partial charge is 0.376 e. The van der Waals surface area contributed by atoms with Gasteiger partial charge in [-0.2, -0.15) is 0 Å². The van der Waals surface area contributed by atoms with Crippen LogP contribution in [0.3, 0.4) is 0 Å². The van der Waals surface area contributed by atoms with Gasteiger partial charge in [-0.15, -0.1) is 0 Å². The van der Waals surface area contributed by atoms with Crippen LogP contribution in [0.25, 0.3) is 0 Å². The zero-order valence-electron chi connectivity index (χ0n) is 13.4. The molecule has 2 N–H and O–H groups in total. The standard InChI is InChI=1S/C17H23N3O3/c1-12-10-20(7-8-23-12)11-16(21)18-15-4-2-3-13(9-15)17(22)19-14-5-6-14/h2-4,9,12,14H,5-8,10-11H2,1H3,(H,18,21)(H,19,22)/t12-/m1/s1. The molecule has 2 fully saturated rings. The molecule has 1 heterocycles. The van der Waals surface area contributed by atoms with E-state index in [0.29, 0.717) is 30.4 Å². The van der Waals surface area contributed by atoms with Gasteiger partial charge >= 0.3 is 0 Å². The van der Waals surface area contributed by atoms with Crippen LogP contribution in [-0.4, -0.2) is 55.1 Å². The van der Waals surface area contributed by atoms with Crippen molar-refractivity contribution in [3.63, 3.8) is 0 Å². The van der Waals surface area contributed by atoms with Gasteiger partial charge in [0.25, 0.3) is 5.91 Å². The van der Waals surface area contributed by atoms with Crippen molar-refractivity contribution in [2.75, 3.05) is 31.6 Å². The van der Waals surface area contributed by atoms with Crippen LogP contribution in [0.1, 0.15) is 30.1 Å². The molecule has 1 saturated heterocycles. The molecule has 2 aliphatic rings. The van der Waals surface area contributed by atoms with E-state index < -0.39 is 0 Å². The van der Waals surface area contributed by atoms with E-state index in [0.717, 1.165) is 25.9 Å². The van der Waals surface area contributed by atoms with Crippen LogP contribution in [-0.2, 0) is 9.53 Å². The minimum Gasteiger partial charge on any atom is -0.376 e. The number of ether oxygens (including phenoxy) is 1. The highest BCUT2D eigenvalue weighted by molar-refractivity contribution is 5.97. The smallest absolute Gasteiger partial charge is 0.251 e. The number of benzene rings is 1. The van der Waals surface area contributed by atoms with Gasteiger partial charge in [0.2, 0.25) is 5.91 Å². The number of amides is 2. The summed E-state index contributed by atoms with van der Waals surface area (Å²) in [5.74, 6) is -0.149. The van der Waals surface area contributed by atoms with Crippen molar-refractivity contribution in [2.24, 2.45) is 0 Å². The van der Waals surface area contributed by atoms with E-state index in [9.17, 15) is 9.59 Å². The number of rotatable bonds is 5. The average Bonchev–Trinajstić information content (AvgIpc) is 3.31. The Bertz CT molecular complexity index is 586. The molecule has 0 radical (unpaired) electrons. The summed E-state index contributed by atoms with van der Waals surface area (Å²) in [6, 6.07) is 7.39. The lowest BCUT2D eigenvalue weighted by Crippen LogP contribution is -2.44. The predicted molar refractivity (Wildman–Crippen MR) is 87.4 cm³/mol. The van der Waals surface area contributed by atoms with E-state index in [2.05, 4.69) is 15.5 Å². The maximum atomic E-state index is 12.2. The number of nitrogens with zero attached hydrogens (tertiary/aromatic N) is 1. The molecule has 1 aromatic rings. The quantitative estimate of drug-likeness (QED) is 0.857. The fourth-order valence-corrected chi connectivity index (χ4v) is 2.67. The number of carbonyl (C=O) groups is 2. The van der Waals surface area contributed by atoms with Crippen molar-refractivity contribution in [2.45, 2.75) is 31.9 Å². The molecule has 0 aromatic heterocycles. The number of morpholine rings is 1. The zero-order chi connectivity index (χ0) is 16.2. The Morgan fingerprint density at radius 3 is 2.91 bits per heavy atom. The Labute approximate surface area is 136 Å². The summed E-state index contributed by atoms with van der Waals surface area (Å²) in [6.45, 7) is 4.53. The molecule has 6 nitrogen and oxygen atoms in total. The summed E-state index contributed by atoms with van der Waals surface area (Å²) in [5, 5.41) is 5.81. The summed E-state index contributed by atoms with van der Waals surface area (Å²) >= 11 is 0. The predicted octanol–water partition coefficient (Wildman–Crippen LogP) is 1.24. The number of hydrogen-bond donors (Lipinski definition) is 2. The number of hydrogen-bond acceptors (Lipinski definition) is 4. The number of nitrogens with one attached hydrogen (secondary N) is 2. The first kappa shape index (κ1) is 16.0. The monoisotopic (exact) mass is 317 g/mol. The highest BCUT2D eigenvalue weighted by Gasteiger charge is 2.24. The van der Waals surface area contributed by atoms with Crippen LogP contribution in [0.2, 0.25) is 0 Å². The molecule has 1 atom stereocenters. The second kappa shape index (κ2) is 7.10. The molecular formula is C17H23N3O3. The first-order valence-corrected chi connectivity index (χ1v) is 8.15. The minimum atomic E-state index is -0.0781. The number of anilines is 1. The van der Waals surface area contributed by atoms with E-state index in [4.69, 9.17) is 4.74 Å². The van der Waals surface area contributed by atoms with Gasteiger partial charge in [-0.25, -0.2) is 0 Å². The molecule has 124 valence electrons. The minimum absolute atomic E-state index is 0.0705. The summed E-state index contributed by atoms with van der Waals surface area (Å²) in [6.07, 6.45) is 2.27. The highest BCUT2D eigenvalue weighted by atomic mass is 16.5. The van der Waals surface area contributed by atoms with Gasteiger partial charge in [0, 0.05) is 30.4 Å². The summed E-state index contributed by atoms with van der Waals surface area (Å²) < 4.78 is 5.47. The molecule has 3 rings (SSSR count). The molecule has 1 aromatic carbocycles. The Hall–Kier alpha value is -1.92. The first-order chi connectivity index (χ1) is 11.1. The first-order valence-electron chi connectivity index (χ1n) is 8.15. The van der Waals surface area contributed by atoms with E-state index in [1.807, 2.05) is 6.92 Å². The Morgan fingerprint density at radius 2 is 2.17 bits per heavy atom. The summed E-state index contributed by atoms with van der Waals surface area (Å²) in [7, 11) is 0. The normalized spacial score (nSPS) is 21.7. The lowest BCUT2D eigenvalue weighted by Gasteiger charge is -2.30. The molecule has 0 unspecified atom stereocenters. The van der Waals surface area contributed by atoms with Crippen molar-refractivity contribution in [1.29, 1.82) is 0 Å². The second-order valence-corrected chi connectivity index (χ2v) is 6.29. The van der Waals surface area contributed by atoms with E-state index in [1.165, 1.54) is 0 Å². The van der Waals surface area contributed by atoms with E-state index >= 15 is 0 Å². The molecule has 0 bridgehead atoms. The van der Waals surface area contributed by atoms with Gasteiger partial charge in [-0.05, 0) is 38.0 Å².